The van der Waals surface area contributed by atoms with E-state index in [0.717, 1.165) is 24.8 Å². The van der Waals surface area contributed by atoms with Gasteiger partial charge in [-0.3, -0.25) is 14.5 Å². The summed E-state index contributed by atoms with van der Waals surface area (Å²) in [6.07, 6.45) is 5.96. The zero-order chi connectivity index (χ0) is 20.5. The van der Waals surface area contributed by atoms with Gasteiger partial charge in [0, 0.05) is 30.1 Å². The highest BCUT2D eigenvalue weighted by atomic mass is 16.2. The molecule has 6 heteroatoms. The number of benzene rings is 2. The summed E-state index contributed by atoms with van der Waals surface area (Å²) >= 11 is 0. The van der Waals surface area contributed by atoms with Crippen LogP contribution in [0.5, 0.6) is 0 Å². The Morgan fingerprint density at radius 2 is 1.70 bits per heavy atom. The maximum absolute atomic E-state index is 12.7. The van der Waals surface area contributed by atoms with E-state index in [1.807, 2.05) is 18.2 Å². The Balaban J connectivity index is 1.22. The molecule has 2 unspecified atom stereocenters. The number of hydrogen-bond donors (Lipinski definition) is 1. The van der Waals surface area contributed by atoms with Crippen molar-refractivity contribution < 1.29 is 4.79 Å². The van der Waals surface area contributed by atoms with Gasteiger partial charge in [0.1, 0.15) is 6.54 Å². The van der Waals surface area contributed by atoms with Crippen LogP contribution >= 0.6 is 0 Å². The molecule has 2 aliphatic rings. The summed E-state index contributed by atoms with van der Waals surface area (Å²) in [6.45, 7) is 0.941. The molecule has 2 atom stereocenters. The highest BCUT2D eigenvalue weighted by molar-refractivity contribution is 5.81. The van der Waals surface area contributed by atoms with E-state index in [1.165, 1.54) is 23.1 Å². The van der Waals surface area contributed by atoms with E-state index < -0.39 is 0 Å². The summed E-state index contributed by atoms with van der Waals surface area (Å²) in [4.78, 5) is 27.9. The highest BCUT2D eigenvalue weighted by Gasteiger charge is 2.40. The molecule has 2 aromatic carbocycles. The third-order valence-corrected chi connectivity index (χ3v) is 6.51. The predicted octanol–water partition coefficient (Wildman–Crippen LogP) is 2.71. The number of amides is 1. The van der Waals surface area contributed by atoms with Crippen LogP contribution in [0.3, 0.4) is 0 Å². The molecule has 154 valence electrons. The lowest BCUT2D eigenvalue weighted by atomic mass is 9.96. The van der Waals surface area contributed by atoms with Gasteiger partial charge in [0.05, 0.1) is 11.6 Å². The Bertz CT molecular complexity index is 1100. The standard InChI is InChI=1S/C24H26N4O2/c29-23(16-28-24(30)22-9-5-4-8-18(22)14-25-28)26-19-12-20-10-11-21(13-19)27(20)15-17-6-2-1-3-7-17/h1-9,14,19-21H,10-13,15-16H2,(H,26,29). The van der Waals surface area contributed by atoms with Gasteiger partial charge in [0.2, 0.25) is 5.91 Å². The van der Waals surface area contributed by atoms with Crippen LogP contribution in [0.25, 0.3) is 10.8 Å². The second kappa shape index (κ2) is 8.03. The van der Waals surface area contributed by atoms with Gasteiger partial charge in [-0.2, -0.15) is 5.10 Å². The fourth-order valence-electron chi connectivity index (χ4n) is 5.09. The SMILES string of the molecule is O=C(Cn1ncc2ccccc2c1=O)NC1CC2CCC(C1)N2Cc1ccccc1. The van der Waals surface area contributed by atoms with Gasteiger partial charge in [0.15, 0.2) is 0 Å². The van der Waals surface area contributed by atoms with Crippen molar-refractivity contribution in [2.75, 3.05) is 0 Å². The van der Waals surface area contributed by atoms with Crippen molar-refractivity contribution in [2.45, 2.75) is 56.9 Å². The van der Waals surface area contributed by atoms with Crippen LogP contribution in [-0.2, 0) is 17.9 Å². The fraction of sp³-hybridized carbons (Fsp3) is 0.375. The van der Waals surface area contributed by atoms with E-state index in [2.05, 4.69) is 45.6 Å². The lowest BCUT2D eigenvalue weighted by Gasteiger charge is -2.39. The molecule has 2 aliphatic heterocycles. The lowest BCUT2D eigenvalue weighted by Crippen LogP contribution is -2.50. The number of hydrogen-bond acceptors (Lipinski definition) is 4. The van der Waals surface area contributed by atoms with Crippen LogP contribution in [0.15, 0.2) is 65.6 Å². The van der Waals surface area contributed by atoms with Gasteiger partial charge < -0.3 is 5.32 Å². The first-order valence-corrected chi connectivity index (χ1v) is 10.7. The van der Waals surface area contributed by atoms with Crippen molar-refractivity contribution in [1.29, 1.82) is 0 Å². The molecule has 0 aliphatic carbocycles. The average molecular weight is 402 g/mol. The Labute approximate surface area is 175 Å². The maximum atomic E-state index is 12.7. The molecule has 0 radical (unpaired) electrons. The number of rotatable bonds is 5. The number of carbonyl (C=O) groups is 1. The molecule has 3 heterocycles. The third-order valence-electron chi connectivity index (χ3n) is 6.51. The largest absolute Gasteiger partial charge is 0.352 e. The first kappa shape index (κ1) is 19.0. The summed E-state index contributed by atoms with van der Waals surface area (Å²) in [5.74, 6) is -0.138. The van der Waals surface area contributed by atoms with E-state index in [-0.39, 0.29) is 24.1 Å². The smallest absolute Gasteiger partial charge is 0.275 e. The Hall–Kier alpha value is -2.99. The normalized spacial score (nSPS) is 23.5. The van der Waals surface area contributed by atoms with E-state index in [4.69, 9.17) is 0 Å². The lowest BCUT2D eigenvalue weighted by molar-refractivity contribution is -0.123. The summed E-state index contributed by atoms with van der Waals surface area (Å²) in [6, 6.07) is 19.1. The molecule has 2 bridgehead atoms. The minimum Gasteiger partial charge on any atom is -0.352 e. The van der Waals surface area contributed by atoms with Crippen molar-refractivity contribution in [2.24, 2.45) is 0 Å². The molecule has 6 nitrogen and oxygen atoms in total. The van der Waals surface area contributed by atoms with Crippen molar-refractivity contribution in [3.63, 3.8) is 0 Å². The molecular formula is C24H26N4O2. The molecular weight excluding hydrogens is 376 g/mol. The molecule has 1 amide bonds. The monoisotopic (exact) mass is 402 g/mol. The second-order valence-corrected chi connectivity index (χ2v) is 8.47. The zero-order valence-corrected chi connectivity index (χ0v) is 16.9. The molecule has 30 heavy (non-hydrogen) atoms. The molecule has 0 saturated carbocycles. The van der Waals surface area contributed by atoms with E-state index in [9.17, 15) is 9.59 Å². The molecule has 1 N–H and O–H groups in total. The number of aromatic nitrogens is 2. The van der Waals surface area contributed by atoms with E-state index in [1.54, 1.807) is 12.3 Å². The average Bonchev–Trinajstić information content (AvgIpc) is 2.99. The number of fused-ring (bicyclic) bond motifs is 3. The Morgan fingerprint density at radius 1 is 1.00 bits per heavy atom. The van der Waals surface area contributed by atoms with Crippen LogP contribution in [0.2, 0.25) is 0 Å². The molecule has 2 fully saturated rings. The van der Waals surface area contributed by atoms with Crippen molar-refractivity contribution in [1.82, 2.24) is 20.0 Å². The minimum atomic E-state index is -0.221. The van der Waals surface area contributed by atoms with Crippen LogP contribution in [0.1, 0.15) is 31.2 Å². The molecule has 2 saturated heterocycles. The fourth-order valence-corrected chi connectivity index (χ4v) is 5.09. The number of nitrogens with one attached hydrogen (secondary N) is 1. The summed E-state index contributed by atoms with van der Waals surface area (Å²) in [5, 5.41) is 8.72. The first-order chi connectivity index (χ1) is 14.7. The summed E-state index contributed by atoms with van der Waals surface area (Å²) < 4.78 is 1.26. The van der Waals surface area contributed by atoms with Gasteiger partial charge in [-0.15, -0.1) is 0 Å². The van der Waals surface area contributed by atoms with Gasteiger partial charge in [-0.05, 0) is 37.3 Å². The number of nitrogens with zero attached hydrogens (tertiary/aromatic N) is 3. The maximum Gasteiger partial charge on any atom is 0.275 e. The Kier molecular flexibility index (Phi) is 5.09. The predicted molar refractivity (Wildman–Crippen MR) is 116 cm³/mol. The first-order valence-electron chi connectivity index (χ1n) is 10.7. The van der Waals surface area contributed by atoms with Gasteiger partial charge in [-0.1, -0.05) is 48.5 Å². The quantitative estimate of drug-likeness (QED) is 0.713. The van der Waals surface area contributed by atoms with Crippen LogP contribution in [-0.4, -0.2) is 38.7 Å². The van der Waals surface area contributed by atoms with Crippen LogP contribution in [0.4, 0.5) is 0 Å². The van der Waals surface area contributed by atoms with Crippen molar-refractivity contribution in [3.8, 4) is 0 Å². The van der Waals surface area contributed by atoms with Crippen molar-refractivity contribution in [3.05, 3.63) is 76.7 Å². The van der Waals surface area contributed by atoms with Crippen LogP contribution < -0.4 is 10.9 Å². The Morgan fingerprint density at radius 3 is 2.47 bits per heavy atom. The van der Waals surface area contributed by atoms with Gasteiger partial charge in [0.25, 0.3) is 5.56 Å². The minimum absolute atomic E-state index is 0.0385. The molecule has 5 rings (SSSR count). The number of carbonyl (C=O) groups excluding carboxylic acids is 1. The number of piperidine rings is 1. The van der Waals surface area contributed by atoms with Crippen molar-refractivity contribution >= 4 is 16.7 Å². The van der Waals surface area contributed by atoms with Gasteiger partial charge in [-0.25, -0.2) is 4.68 Å². The van der Waals surface area contributed by atoms with E-state index in [0.29, 0.717) is 17.5 Å². The molecule has 1 aromatic heterocycles. The van der Waals surface area contributed by atoms with E-state index >= 15 is 0 Å². The highest BCUT2D eigenvalue weighted by Crippen LogP contribution is 2.36. The second-order valence-electron chi connectivity index (χ2n) is 8.47. The topological polar surface area (TPSA) is 67.2 Å². The summed E-state index contributed by atoms with van der Waals surface area (Å²) in [5.41, 5.74) is 1.12. The summed E-state index contributed by atoms with van der Waals surface area (Å²) in [7, 11) is 0. The van der Waals surface area contributed by atoms with Crippen LogP contribution in [0, 0.1) is 0 Å². The van der Waals surface area contributed by atoms with Gasteiger partial charge >= 0.3 is 0 Å². The zero-order valence-electron chi connectivity index (χ0n) is 16.9. The third kappa shape index (κ3) is 3.75. The molecule has 0 spiro atoms. The molecule has 3 aromatic rings.